The third kappa shape index (κ3) is 2.23. The van der Waals surface area contributed by atoms with Crippen LogP contribution in [0.4, 0.5) is 5.69 Å². The van der Waals surface area contributed by atoms with Crippen molar-refractivity contribution in [3.63, 3.8) is 0 Å². The first kappa shape index (κ1) is 12.3. The molecule has 0 spiro atoms. The van der Waals surface area contributed by atoms with Gasteiger partial charge in [0.1, 0.15) is 0 Å². The fourth-order valence-corrected chi connectivity index (χ4v) is 2.06. The lowest BCUT2D eigenvalue weighted by molar-refractivity contribution is 0.103. The number of benzene rings is 2. The molecule has 1 N–H and O–H groups in total. The lowest BCUT2D eigenvalue weighted by atomic mass is 10.0. The average molecular weight is 263 g/mol. The van der Waals surface area contributed by atoms with E-state index in [1.54, 1.807) is 24.5 Å². The zero-order chi connectivity index (χ0) is 13.9. The minimum Gasteiger partial charge on any atom is -0.388 e. The Labute approximate surface area is 116 Å². The predicted octanol–water partition coefficient (Wildman–Crippen LogP) is 2.90. The summed E-state index contributed by atoms with van der Waals surface area (Å²) in [7, 11) is 1.85. The van der Waals surface area contributed by atoms with Crippen molar-refractivity contribution in [3.05, 3.63) is 66.0 Å². The van der Waals surface area contributed by atoms with Crippen LogP contribution in [0, 0.1) is 0 Å². The van der Waals surface area contributed by atoms with Crippen molar-refractivity contribution in [2.24, 2.45) is 0 Å². The number of carbonyl (C=O) groups excluding carboxylic acids is 1. The maximum atomic E-state index is 12.4. The number of ketones is 1. The maximum Gasteiger partial charge on any atom is 0.193 e. The van der Waals surface area contributed by atoms with Crippen LogP contribution in [0.25, 0.3) is 11.0 Å². The van der Waals surface area contributed by atoms with E-state index in [0.717, 1.165) is 16.7 Å². The number of nitrogens with one attached hydrogen (secondary N) is 1. The number of hydrogen-bond donors (Lipinski definition) is 1. The minimum absolute atomic E-state index is 0.0137. The SMILES string of the molecule is CNc1ccc(C(=O)c2ccc3nccnc3c2)cc1. The summed E-state index contributed by atoms with van der Waals surface area (Å²) in [6, 6.07) is 12.8. The lowest BCUT2D eigenvalue weighted by Crippen LogP contribution is -2.02. The van der Waals surface area contributed by atoms with Crippen LogP contribution in [0.1, 0.15) is 15.9 Å². The molecule has 2 aromatic carbocycles. The molecule has 0 saturated carbocycles. The van der Waals surface area contributed by atoms with E-state index < -0.39 is 0 Å². The molecule has 0 unspecified atom stereocenters. The van der Waals surface area contributed by atoms with Crippen molar-refractivity contribution >= 4 is 22.5 Å². The summed E-state index contributed by atoms with van der Waals surface area (Å²) in [4.78, 5) is 20.8. The van der Waals surface area contributed by atoms with Crippen molar-refractivity contribution in [1.29, 1.82) is 0 Å². The fraction of sp³-hybridized carbons (Fsp3) is 0.0625. The number of anilines is 1. The van der Waals surface area contributed by atoms with Gasteiger partial charge in [0.2, 0.25) is 0 Å². The molecule has 1 heterocycles. The monoisotopic (exact) mass is 263 g/mol. The van der Waals surface area contributed by atoms with Crippen LogP contribution in [0.15, 0.2) is 54.9 Å². The highest BCUT2D eigenvalue weighted by Gasteiger charge is 2.10. The number of nitrogens with zero attached hydrogens (tertiary/aromatic N) is 2. The zero-order valence-electron chi connectivity index (χ0n) is 11.0. The highest BCUT2D eigenvalue weighted by atomic mass is 16.1. The van der Waals surface area contributed by atoms with E-state index in [-0.39, 0.29) is 5.78 Å². The highest BCUT2D eigenvalue weighted by molar-refractivity contribution is 6.10. The molecule has 0 radical (unpaired) electrons. The molecule has 0 atom stereocenters. The summed E-state index contributed by atoms with van der Waals surface area (Å²) in [5.41, 5.74) is 3.77. The van der Waals surface area contributed by atoms with Crippen molar-refractivity contribution in [2.75, 3.05) is 12.4 Å². The molecule has 3 rings (SSSR count). The lowest BCUT2D eigenvalue weighted by Gasteiger charge is -2.04. The summed E-state index contributed by atoms with van der Waals surface area (Å²) >= 11 is 0. The second-order valence-corrected chi connectivity index (χ2v) is 4.42. The van der Waals surface area contributed by atoms with Gasteiger partial charge in [-0.15, -0.1) is 0 Å². The van der Waals surface area contributed by atoms with Gasteiger partial charge in [-0.3, -0.25) is 14.8 Å². The fourth-order valence-electron chi connectivity index (χ4n) is 2.06. The Kier molecular flexibility index (Phi) is 3.13. The van der Waals surface area contributed by atoms with Crippen molar-refractivity contribution in [1.82, 2.24) is 9.97 Å². The molecule has 0 aliphatic carbocycles. The summed E-state index contributed by atoms with van der Waals surface area (Å²) in [6.45, 7) is 0. The number of fused-ring (bicyclic) bond motifs is 1. The zero-order valence-corrected chi connectivity index (χ0v) is 11.0. The molecule has 4 nitrogen and oxygen atoms in total. The van der Waals surface area contributed by atoms with E-state index in [1.807, 2.05) is 37.4 Å². The molecule has 0 bridgehead atoms. The van der Waals surface area contributed by atoms with Gasteiger partial charge >= 0.3 is 0 Å². The van der Waals surface area contributed by atoms with Gasteiger partial charge in [-0.1, -0.05) is 0 Å². The van der Waals surface area contributed by atoms with Gasteiger partial charge in [0.25, 0.3) is 0 Å². The number of hydrogen-bond acceptors (Lipinski definition) is 4. The van der Waals surface area contributed by atoms with Gasteiger partial charge in [-0.25, -0.2) is 0 Å². The Hall–Kier alpha value is -2.75. The summed E-state index contributed by atoms with van der Waals surface area (Å²) in [6.07, 6.45) is 3.26. The van der Waals surface area contributed by atoms with Crippen LogP contribution in [-0.4, -0.2) is 22.8 Å². The number of carbonyl (C=O) groups is 1. The van der Waals surface area contributed by atoms with E-state index in [4.69, 9.17) is 0 Å². The largest absolute Gasteiger partial charge is 0.388 e. The van der Waals surface area contributed by atoms with E-state index in [2.05, 4.69) is 15.3 Å². The summed E-state index contributed by atoms with van der Waals surface area (Å²) < 4.78 is 0. The maximum absolute atomic E-state index is 12.4. The number of rotatable bonds is 3. The highest BCUT2D eigenvalue weighted by Crippen LogP contribution is 2.16. The van der Waals surface area contributed by atoms with Crippen molar-refractivity contribution in [2.45, 2.75) is 0 Å². The first-order valence-corrected chi connectivity index (χ1v) is 6.31. The summed E-state index contributed by atoms with van der Waals surface area (Å²) in [5, 5.41) is 3.03. The average Bonchev–Trinajstić information content (AvgIpc) is 2.54. The third-order valence-electron chi connectivity index (χ3n) is 3.17. The molecule has 0 amide bonds. The van der Waals surface area contributed by atoms with Gasteiger partial charge in [0.15, 0.2) is 5.78 Å². The molecule has 98 valence electrons. The molecule has 0 saturated heterocycles. The molecule has 20 heavy (non-hydrogen) atoms. The Morgan fingerprint density at radius 2 is 1.55 bits per heavy atom. The second-order valence-electron chi connectivity index (χ2n) is 4.42. The van der Waals surface area contributed by atoms with Crippen molar-refractivity contribution in [3.8, 4) is 0 Å². The van der Waals surface area contributed by atoms with Gasteiger partial charge < -0.3 is 5.32 Å². The van der Waals surface area contributed by atoms with Crippen LogP contribution in [0.2, 0.25) is 0 Å². The smallest absolute Gasteiger partial charge is 0.193 e. The van der Waals surface area contributed by atoms with Crippen LogP contribution >= 0.6 is 0 Å². The normalized spacial score (nSPS) is 10.4. The standard InChI is InChI=1S/C16H13N3O/c1-17-13-5-2-11(3-6-13)16(20)12-4-7-14-15(10-12)19-9-8-18-14/h2-10,17H,1H3. The Morgan fingerprint density at radius 3 is 2.25 bits per heavy atom. The Balaban J connectivity index is 1.98. The van der Waals surface area contributed by atoms with E-state index in [9.17, 15) is 4.79 Å². The number of aromatic nitrogens is 2. The molecule has 0 aliphatic rings. The van der Waals surface area contributed by atoms with E-state index >= 15 is 0 Å². The molecular weight excluding hydrogens is 250 g/mol. The van der Waals surface area contributed by atoms with E-state index in [0.29, 0.717) is 11.1 Å². The van der Waals surface area contributed by atoms with Gasteiger partial charge in [0, 0.05) is 36.3 Å². The summed E-state index contributed by atoms with van der Waals surface area (Å²) in [5.74, 6) is -0.0137. The predicted molar refractivity (Wildman–Crippen MR) is 79.0 cm³/mol. The Morgan fingerprint density at radius 1 is 0.900 bits per heavy atom. The second kappa shape index (κ2) is 5.09. The van der Waals surface area contributed by atoms with Gasteiger partial charge in [-0.05, 0) is 42.5 Å². The van der Waals surface area contributed by atoms with Crippen LogP contribution in [0.5, 0.6) is 0 Å². The van der Waals surface area contributed by atoms with E-state index in [1.165, 1.54) is 0 Å². The molecule has 0 fully saturated rings. The Bertz CT molecular complexity index is 766. The minimum atomic E-state index is -0.0137. The molecule has 3 aromatic rings. The molecular formula is C16H13N3O. The van der Waals surface area contributed by atoms with Gasteiger partial charge in [0.05, 0.1) is 11.0 Å². The van der Waals surface area contributed by atoms with Crippen molar-refractivity contribution < 1.29 is 4.79 Å². The molecule has 0 aliphatic heterocycles. The first-order chi connectivity index (χ1) is 9.78. The van der Waals surface area contributed by atoms with Crippen LogP contribution < -0.4 is 5.32 Å². The quantitative estimate of drug-likeness (QED) is 0.738. The molecule has 1 aromatic heterocycles. The topological polar surface area (TPSA) is 54.9 Å². The van der Waals surface area contributed by atoms with Crippen LogP contribution in [-0.2, 0) is 0 Å². The first-order valence-electron chi connectivity index (χ1n) is 6.31. The third-order valence-corrected chi connectivity index (χ3v) is 3.17. The van der Waals surface area contributed by atoms with Crippen LogP contribution in [0.3, 0.4) is 0 Å². The molecule has 4 heteroatoms. The van der Waals surface area contributed by atoms with Gasteiger partial charge in [-0.2, -0.15) is 0 Å².